The highest BCUT2D eigenvalue weighted by Gasteiger charge is 2.13. The minimum absolute atomic E-state index is 0.273. The molecule has 0 amide bonds. The Labute approximate surface area is 122 Å². The van der Waals surface area contributed by atoms with Crippen molar-refractivity contribution in [2.24, 2.45) is 0 Å². The summed E-state index contributed by atoms with van der Waals surface area (Å²) in [5.41, 5.74) is 0.688. The Morgan fingerprint density at radius 1 is 1.38 bits per heavy atom. The minimum atomic E-state index is -0.570. The van der Waals surface area contributed by atoms with Crippen LogP contribution in [0, 0.1) is 5.82 Å². The fourth-order valence-electron chi connectivity index (χ4n) is 1.94. The van der Waals surface area contributed by atoms with E-state index in [4.69, 9.17) is 9.26 Å². The van der Waals surface area contributed by atoms with Crippen LogP contribution < -0.4 is 0 Å². The summed E-state index contributed by atoms with van der Waals surface area (Å²) in [5.74, 6) is 0.534. The zero-order valence-corrected chi connectivity index (χ0v) is 12.0. The van der Waals surface area contributed by atoms with E-state index in [-0.39, 0.29) is 12.4 Å². The lowest BCUT2D eigenvalue weighted by atomic mass is 10.2. The van der Waals surface area contributed by atoms with Crippen molar-refractivity contribution in [3.8, 4) is 11.4 Å². The standard InChI is InChI=1S/C14H18FN3O3/c1-18(7-12(19)9-20-2)8-13-16-14(17-21-13)10-3-5-11(15)6-4-10/h3-6,12,19H,7-9H2,1-2H3. The zero-order valence-electron chi connectivity index (χ0n) is 12.0. The van der Waals surface area contributed by atoms with Crippen molar-refractivity contribution in [3.05, 3.63) is 36.0 Å². The SMILES string of the molecule is COCC(O)CN(C)Cc1nc(-c2ccc(F)cc2)no1. The third kappa shape index (κ3) is 4.59. The zero-order chi connectivity index (χ0) is 15.2. The Morgan fingerprint density at radius 2 is 2.10 bits per heavy atom. The molecular formula is C14H18FN3O3. The summed E-state index contributed by atoms with van der Waals surface area (Å²) < 4.78 is 22.9. The van der Waals surface area contributed by atoms with Crippen LogP contribution in [0.15, 0.2) is 28.8 Å². The summed E-state index contributed by atoms with van der Waals surface area (Å²) in [4.78, 5) is 6.10. The van der Waals surface area contributed by atoms with Crippen LogP contribution in [0.25, 0.3) is 11.4 Å². The third-order valence-electron chi connectivity index (χ3n) is 2.86. The Hall–Kier alpha value is -1.83. The van der Waals surface area contributed by atoms with Crippen molar-refractivity contribution < 1.29 is 18.8 Å². The molecule has 0 saturated heterocycles. The predicted molar refractivity (Wildman–Crippen MR) is 73.9 cm³/mol. The molecule has 6 nitrogen and oxygen atoms in total. The van der Waals surface area contributed by atoms with Crippen molar-refractivity contribution in [3.63, 3.8) is 0 Å². The number of likely N-dealkylation sites (N-methyl/N-ethyl adjacent to an activating group) is 1. The minimum Gasteiger partial charge on any atom is -0.389 e. The van der Waals surface area contributed by atoms with Gasteiger partial charge in [-0.2, -0.15) is 4.98 Å². The summed E-state index contributed by atoms with van der Waals surface area (Å²) in [6.45, 7) is 1.12. The number of methoxy groups -OCH3 is 1. The fraction of sp³-hybridized carbons (Fsp3) is 0.429. The molecule has 2 aromatic rings. The van der Waals surface area contributed by atoms with Gasteiger partial charge in [-0.3, -0.25) is 4.90 Å². The second-order valence-corrected chi connectivity index (χ2v) is 4.82. The van der Waals surface area contributed by atoms with Crippen LogP contribution >= 0.6 is 0 Å². The maximum absolute atomic E-state index is 12.9. The highest BCUT2D eigenvalue weighted by Crippen LogP contribution is 2.16. The van der Waals surface area contributed by atoms with Gasteiger partial charge in [-0.05, 0) is 31.3 Å². The number of benzene rings is 1. The second kappa shape index (κ2) is 7.26. The van der Waals surface area contributed by atoms with E-state index in [1.54, 1.807) is 12.1 Å². The smallest absolute Gasteiger partial charge is 0.241 e. The van der Waals surface area contributed by atoms with Gasteiger partial charge in [0, 0.05) is 19.2 Å². The lowest BCUT2D eigenvalue weighted by Crippen LogP contribution is -2.31. The number of nitrogens with zero attached hydrogens (tertiary/aromatic N) is 3. The monoisotopic (exact) mass is 295 g/mol. The lowest BCUT2D eigenvalue weighted by molar-refractivity contribution is 0.0400. The van der Waals surface area contributed by atoms with Gasteiger partial charge in [-0.25, -0.2) is 4.39 Å². The molecule has 0 aliphatic rings. The van der Waals surface area contributed by atoms with Gasteiger partial charge in [0.25, 0.3) is 0 Å². The topological polar surface area (TPSA) is 71.6 Å². The molecule has 2 rings (SSSR count). The molecule has 1 N–H and O–H groups in total. The van der Waals surface area contributed by atoms with E-state index >= 15 is 0 Å². The molecule has 1 aromatic heterocycles. The molecular weight excluding hydrogens is 277 g/mol. The number of aliphatic hydroxyl groups excluding tert-OH is 1. The van der Waals surface area contributed by atoms with Crippen LogP contribution in [0.5, 0.6) is 0 Å². The highest BCUT2D eigenvalue weighted by molar-refractivity contribution is 5.53. The summed E-state index contributed by atoms with van der Waals surface area (Å²) in [6, 6.07) is 5.88. The molecule has 7 heteroatoms. The molecule has 0 spiro atoms. The molecule has 1 unspecified atom stereocenters. The van der Waals surface area contributed by atoms with Gasteiger partial charge in [-0.1, -0.05) is 5.16 Å². The van der Waals surface area contributed by atoms with E-state index < -0.39 is 6.10 Å². The first kappa shape index (κ1) is 15.6. The number of hydrogen-bond acceptors (Lipinski definition) is 6. The van der Waals surface area contributed by atoms with E-state index in [0.717, 1.165) is 0 Å². The van der Waals surface area contributed by atoms with E-state index in [1.165, 1.54) is 19.2 Å². The van der Waals surface area contributed by atoms with E-state index in [2.05, 4.69) is 10.1 Å². The largest absolute Gasteiger partial charge is 0.389 e. The van der Waals surface area contributed by atoms with Crippen LogP contribution in [0.3, 0.4) is 0 Å². The Morgan fingerprint density at radius 3 is 2.76 bits per heavy atom. The average molecular weight is 295 g/mol. The fourth-order valence-corrected chi connectivity index (χ4v) is 1.94. The summed E-state index contributed by atoms with van der Waals surface area (Å²) in [7, 11) is 3.37. The van der Waals surface area contributed by atoms with Crippen LogP contribution in [0.2, 0.25) is 0 Å². The molecule has 1 heterocycles. The molecule has 0 aliphatic carbocycles. The normalized spacial score (nSPS) is 12.8. The molecule has 0 radical (unpaired) electrons. The van der Waals surface area contributed by atoms with Crippen molar-refractivity contribution in [2.75, 3.05) is 27.3 Å². The summed E-state index contributed by atoms with van der Waals surface area (Å²) in [5, 5.41) is 13.5. The Balaban J connectivity index is 1.95. The molecule has 1 aromatic carbocycles. The number of ether oxygens (including phenoxy) is 1. The average Bonchev–Trinajstić information content (AvgIpc) is 2.88. The van der Waals surface area contributed by atoms with Gasteiger partial charge in [-0.15, -0.1) is 0 Å². The highest BCUT2D eigenvalue weighted by atomic mass is 19.1. The van der Waals surface area contributed by atoms with Gasteiger partial charge in [0.1, 0.15) is 5.82 Å². The maximum atomic E-state index is 12.9. The maximum Gasteiger partial charge on any atom is 0.241 e. The number of aromatic nitrogens is 2. The Kier molecular flexibility index (Phi) is 5.38. The van der Waals surface area contributed by atoms with Gasteiger partial charge >= 0.3 is 0 Å². The number of aliphatic hydroxyl groups is 1. The first-order valence-corrected chi connectivity index (χ1v) is 6.52. The molecule has 1 atom stereocenters. The molecule has 0 bridgehead atoms. The van der Waals surface area contributed by atoms with Crippen LogP contribution in [0.1, 0.15) is 5.89 Å². The summed E-state index contributed by atoms with van der Waals surface area (Å²) >= 11 is 0. The van der Waals surface area contributed by atoms with E-state index in [0.29, 0.717) is 30.4 Å². The van der Waals surface area contributed by atoms with E-state index in [9.17, 15) is 9.50 Å². The van der Waals surface area contributed by atoms with Gasteiger partial charge in [0.2, 0.25) is 11.7 Å². The molecule has 0 saturated carbocycles. The van der Waals surface area contributed by atoms with Gasteiger partial charge in [0.05, 0.1) is 19.3 Å². The van der Waals surface area contributed by atoms with E-state index in [1.807, 2.05) is 11.9 Å². The number of halogens is 1. The van der Waals surface area contributed by atoms with Gasteiger partial charge < -0.3 is 14.4 Å². The van der Waals surface area contributed by atoms with Crippen molar-refractivity contribution in [2.45, 2.75) is 12.6 Å². The Bertz CT molecular complexity index is 559. The van der Waals surface area contributed by atoms with Crippen LogP contribution in [0.4, 0.5) is 4.39 Å². The van der Waals surface area contributed by atoms with Crippen molar-refractivity contribution in [1.29, 1.82) is 0 Å². The summed E-state index contributed by atoms with van der Waals surface area (Å²) in [6.07, 6.45) is -0.570. The number of hydrogen-bond donors (Lipinski definition) is 1. The second-order valence-electron chi connectivity index (χ2n) is 4.82. The van der Waals surface area contributed by atoms with Crippen molar-refractivity contribution >= 4 is 0 Å². The molecule has 114 valence electrons. The third-order valence-corrected chi connectivity index (χ3v) is 2.86. The predicted octanol–water partition coefficient (Wildman–Crippen LogP) is 1.31. The quantitative estimate of drug-likeness (QED) is 0.830. The number of rotatable bonds is 7. The molecule has 21 heavy (non-hydrogen) atoms. The van der Waals surface area contributed by atoms with Crippen molar-refractivity contribution in [1.82, 2.24) is 15.0 Å². The molecule has 0 aliphatic heterocycles. The first-order chi connectivity index (χ1) is 10.1. The van der Waals surface area contributed by atoms with Gasteiger partial charge in [0.15, 0.2) is 0 Å². The molecule has 0 fully saturated rings. The first-order valence-electron chi connectivity index (χ1n) is 6.52. The van der Waals surface area contributed by atoms with Crippen LogP contribution in [-0.2, 0) is 11.3 Å². The van der Waals surface area contributed by atoms with Crippen LogP contribution in [-0.4, -0.2) is 53.6 Å². The lowest BCUT2D eigenvalue weighted by Gasteiger charge is -2.17.